The number of nitrogen functional groups attached to an aromatic ring is 1. The number of nitrogens with two attached hydrogens (primary N) is 1. The molecule has 2 aromatic carbocycles. The summed E-state index contributed by atoms with van der Waals surface area (Å²) in [4.78, 5) is 13.4. The van der Waals surface area contributed by atoms with E-state index >= 15 is 0 Å². The standard InChI is InChI=1S/C17H17BrN4O2/c1-2-3-10-24-17(23)11-4-6-12(7-5-11)22-20-14-9-8-13(19)15(18)16(14)21-22/h4-9H,2-3,10,19H2,1H3. The van der Waals surface area contributed by atoms with Gasteiger partial charge in [0.2, 0.25) is 0 Å². The molecule has 6 nitrogen and oxygen atoms in total. The number of hydrogen-bond donors (Lipinski definition) is 1. The van der Waals surface area contributed by atoms with Gasteiger partial charge in [0.1, 0.15) is 11.0 Å². The normalized spacial score (nSPS) is 10.9. The molecule has 0 saturated heterocycles. The molecule has 1 aromatic heterocycles. The molecule has 0 radical (unpaired) electrons. The zero-order valence-electron chi connectivity index (χ0n) is 13.2. The van der Waals surface area contributed by atoms with Gasteiger partial charge in [-0.15, -0.1) is 10.2 Å². The Balaban J connectivity index is 1.83. The summed E-state index contributed by atoms with van der Waals surface area (Å²) in [5.74, 6) is -0.316. The summed E-state index contributed by atoms with van der Waals surface area (Å²) in [6, 6.07) is 10.6. The molecular formula is C17H17BrN4O2. The Hall–Kier alpha value is -2.41. The first-order valence-corrected chi connectivity index (χ1v) is 8.48. The van der Waals surface area contributed by atoms with E-state index in [4.69, 9.17) is 10.5 Å². The van der Waals surface area contributed by atoms with Crippen molar-refractivity contribution in [3.63, 3.8) is 0 Å². The summed E-state index contributed by atoms with van der Waals surface area (Å²) in [5.41, 5.74) is 9.16. The zero-order chi connectivity index (χ0) is 17.1. The number of carbonyl (C=O) groups is 1. The van der Waals surface area contributed by atoms with Crippen molar-refractivity contribution in [2.24, 2.45) is 0 Å². The lowest BCUT2D eigenvalue weighted by molar-refractivity contribution is 0.0500. The van der Waals surface area contributed by atoms with Crippen molar-refractivity contribution < 1.29 is 9.53 Å². The summed E-state index contributed by atoms with van der Waals surface area (Å²) in [7, 11) is 0. The van der Waals surface area contributed by atoms with E-state index in [-0.39, 0.29) is 5.97 Å². The predicted molar refractivity (Wildman–Crippen MR) is 96.2 cm³/mol. The smallest absolute Gasteiger partial charge is 0.338 e. The van der Waals surface area contributed by atoms with Gasteiger partial charge in [-0.1, -0.05) is 13.3 Å². The number of esters is 1. The number of carbonyl (C=O) groups excluding carboxylic acids is 1. The Labute approximate surface area is 147 Å². The molecule has 0 aliphatic rings. The maximum Gasteiger partial charge on any atom is 0.338 e. The van der Waals surface area contributed by atoms with Crippen LogP contribution in [-0.2, 0) is 4.74 Å². The van der Waals surface area contributed by atoms with Crippen molar-refractivity contribution >= 4 is 38.6 Å². The van der Waals surface area contributed by atoms with Gasteiger partial charge >= 0.3 is 5.97 Å². The van der Waals surface area contributed by atoms with Crippen LogP contribution in [0.25, 0.3) is 16.7 Å². The summed E-state index contributed by atoms with van der Waals surface area (Å²) < 4.78 is 5.92. The SMILES string of the molecule is CCCCOC(=O)c1ccc(-n2nc3ccc(N)c(Br)c3n2)cc1. The second-order valence-corrected chi connectivity index (χ2v) is 6.16. The lowest BCUT2D eigenvalue weighted by Crippen LogP contribution is -2.07. The monoisotopic (exact) mass is 388 g/mol. The number of nitrogens with zero attached hydrogens (tertiary/aromatic N) is 3. The Morgan fingerprint density at radius 1 is 1.21 bits per heavy atom. The van der Waals surface area contributed by atoms with Gasteiger partial charge in [-0.3, -0.25) is 0 Å². The Morgan fingerprint density at radius 3 is 2.67 bits per heavy atom. The van der Waals surface area contributed by atoms with Crippen LogP contribution < -0.4 is 5.73 Å². The number of fused-ring (bicyclic) bond motifs is 1. The molecule has 0 amide bonds. The zero-order valence-corrected chi connectivity index (χ0v) is 14.8. The third-order valence-electron chi connectivity index (χ3n) is 3.59. The molecule has 0 atom stereocenters. The molecule has 0 unspecified atom stereocenters. The van der Waals surface area contributed by atoms with Gasteiger partial charge in [0, 0.05) is 5.69 Å². The molecule has 0 fully saturated rings. The molecular weight excluding hydrogens is 372 g/mol. The number of unbranched alkanes of at least 4 members (excludes halogenated alkanes) is 1. The van der Waals surface area contributed by atoms with Gasteiger partial charge in [-0.25, -0.2) is 4.79 Å². The summed E-state index contributed by atoms with van der Waals surface area (Å²) in [5, 5.41) is 8.86. The van der Waals surface area contributed by atoms with Crippen molar-refractivity contribution in [2.75, 3.05) is 12.3 Å². The summed E-state index contributed by atoms with van der Waals surface area (Å²) in [6.45, 7) is 2.49. The van der Waals surface area contributed by atoms with Gasteiger partial charge in [0.05, 0.1) is 22.3 Å². The molecule has 7 heteroatoms. The molecule has 1 heterocycles. The lowest BCUT2D eigenvalue weighted by atomic mass is 10.2. The van der Waals surface area contributed by atoms with Crippen LogP contribution in [0.15, 0.2) is 40.9 Å². The number of benzene rings is 2. The minimum atomic E-state index is -0.316. The second kappa shape index (κ2) is 7.00. The van der Waals surface area contributed by atoms with Crippen LogP contribution in [0.1, 0.15) is 30.1 Å². The quantitative estimate of drug-likeness (QED) is 0.409. The Bertz CT molecular complexity index is 874. The number of hydrogen-bond acceptors (Lipinski definition) is 5. The molecule has 0 bridgehead atoms. The molecule has 0 aliphatic carbocycles. The third-order valence-corrected chi connectivity index (χ3v) is 4.42. The average Bonchev–Trinajstić information content (AvgIpc) is 3.03. The third kappa shape index (κ3) is 3.26. The largest absolute Gasteiger partial charge is 0.462 e. The second-order valence-electron chi connectivity index (χ2n) is 5.36. The van der Waals surface area contributed by atoms with Crippen molar-refractivity contribution in [1.29, 1.82) is 0 Å². The molecule has 124 valence electrons. The summed E-state index contributed by atoms with van der Waals surface area (Å²) in [6.07, 6.45) is 1.86. The fourth-order valence-electron chi connectivity index (χ4n) is 2.20. The van der Waals surface area contributed by atoms with E-state index in [2.05, 4.69) is 33.1 Å². The first kappa shape index (κ1) is 16.4. The highest BCUT2D eigenvalue weighted by Crippen LogP contribution is 2.27. The fourth-order valence-corrected chi connectivity index (χ4v) is 2.62. The predicted octanol–water partition coefficient (Wildman–Crippen LogP) is 3.72. The van der Waals surface area contributed by atoms with E-state index in [1.807, 2.05) is 6.07 Å². The molecule has 3 aromatic rings. The van der Waals surface area contributed by atoms with E-state index in [0.29, 0.717) is 23.4 Å². The highest BCUT2D eigenvalue weighted by molar-refractivity contribution is 9.10. The summed E-state index contributed by atoms with van der Waals surface area (Å²) >= 11 is 3.43. The number of anilines is 1. The molecule has 0 saturated carbocycles. The number of ether oxygens (including phenoxy) is 1. The highest BCUT2D eigenvalue weighted by Gasteiger charge is 2.11. The van der Waals surface area contributed by atoms with Crippen LogP contribution in [0, 0.1) is 0 Å². The number of aromatic nitrogens is 3. The molecule has 0 spiro atoms. The Kier molecular flexibility index (Phi) is 4.80. The van der Waals surface area contributed by atoms with Gasteiger partial charge in [0.15, 0.2) is 0 Å². The average molecular weight is 389 g/mol. The van der Waals surface area contributed by atoms with Crippen LogP contribution in [0.2, 0.25) is 0 Å². The van der Waals surface area contributed by atoms with Gasteiger partial charge in [-0.2, -0.15) is 4.80 Å². The van der Waals surface area contributed by atoms with Crippen molar-refractivity contribution in [3.8, 4) is 5.69 Å². The minimum Gasteiger partial charge on any atom is -0.462 e. The van der Waals surface area contributed by atoms with Gasteiger partial charge in [0.25, 0.3) is 0 Å². The molecule has 24 heavy (non-hydrogen) atoms. The van der Waals surface area contributed by atoms with E-state index in [1.165, 1.54) is 4.80 Å². The van der Waals surface area contributed by atoms with Crippen LogP contribution in [-0.4, -0.2) is 27.6 Å². The minimum absolute atomic E-state index is 0.316. The Morgan fingerprint density at radius 2 is 1.96 bits per heavy atom. The highest BCUT2D eigenvalue weighted by atomic mass is 79.9. The maximum absolute atomic E-state index is 11.9. The van der Waals surface area contributed by atoms with E-state index in [1.54, 1.807) is 30.3 Å². The fraction of sp³-hybridized carbons (Fsp3) is 0.235. The van der Waals surface area contributed by atoms with Gasteiger partial charge in [-0.05, 0) is 58.7 Å². The van der Waals surface area contributed by atoms with E-state index < -0.39 is 0 Å². The van der Waals surface area contributed by atoms with Crippen LogP contribution in [0.4, 0.5) is 5.69 Å². The lowest BCUT2D eigenvalue weighted by Gasteiger charge is -2.04. The van der Waals surface area contributed by atoms with E-state index in [9.17, 15) is 4.79 Å². The molecule has 2 N–H and O–H groups in total. The topological polar surface area (TPSA) is 83.0 Å². The molecule has 0 aliphatic heterocycles. The van der Waals surface area contributed by atoms with E-state index in [0.717, 1.165) is 28.5 Å². The maximum atomic E-state index is 11.9. The van der Waals surface area contributed by atoms with Crippen molar-refractivity contribution in [1.82, 2.24) is 15.0 Å². The van der Waals surface area contributed by atoms with Crippen LogP contribution in [0.3, 0.4) is 0 Å². The first-order chi connectivity index (χ1) is 11.6. The first-order valence-electron chi connectivity index (χ1n) is 7.68. The van der Waals surface area contributed by atoms with Gasteiger partial charge < -0.3 is 10.5 Å². The van der Waals surface area contributed by atoms with Crippen LogP contribution >= 0.6 is 15.9 Å². The number of halogens is 1. The van der Waals surface area contributed by atoms with Crippen molar-refractivity contribution in [3.05, 3.63) is 46.4 Å². The number of rotatable bonds is 5. The molecule has 3 rings (SSSR count). The van der Waals surface area contributed by atoms with Crippen LogP contribution in [0.5, 0.6) is 0 Å². The van der Waals surface area contributed by atoms with Crippen molar-refractivity contribution in [2.45, 2.75) is 19.8 Å².